The van der Waals surface area contributed by atoms with Crippen molar-refractivity contribution in [3.8, 4) is 0 Å². The maximum absolute atomic E-state index is 4.82. The fraction of sp³-hybridized carbons (Fsp3) is 0. The second kappa shape index (κ2) is 4.34. The molecular weight excluding hydrogens is 136 g/mol. The number of hydrogen-bond acceptors (Lipinski definition) is 1. The van der Waals surface area contributed by atoms with E-state index in [9.17, 15) is 0 Å². The quantitative estimate of drug-likeness (QED) is 0.596. The molecule has 0 unspecified atom stereocenters. The van der Waals surface area contributed by atoms with Gasteiger partial charge >= 0.3 is 0 Å². The Morgan fingerprint density at radius 2 is 1.91 bits per heavy atom. The van der Waals surface area contributed by atoms with Gasteiger partial charge in [-0.15, -0.1) is 0 Å². The molecule has 1 aromatic rings. The van der Waals surface area contributed by atoms with Crippen molar-refractivity contribution in [1.82, 2.24) is 0 Å². The van der Waals surface area contributed by atoms with E-state index in [1.165, 1.54) is 6.26 Å². The maximum Gasteiger partial charge on any atom is 0.0907 e. The standard InChI is InChI=1S/C10H10O/c1-2-11-9-8-10-6-4-3-5-7-10/h2-9H,1H2. The lowest BCUT2D eigenvalue weighted by molar-refractivity contribution is 0.408. The van der Waals surface area contributed by atoms with Gasteiger partial charge in [-0.2, -0.15) is 0 Å². The zero-order valence-electron chi connectivity index (χ0n) is 6.23. The highest BCUT2D eigenvalue weighted by Gasteiger charge is 1.79. The Labute approximate surface area is 66.6 Å². The summed E-state index contributed by atoms with van der Waals surface area (Å²) in [5.41, 5.74) is 1.12. The minimum atomic E-state index is 1.12. The van der Waals surface area contributed by atoms with Gasteiger partial charge in [0.2, 0.25) is 0 Å². The number of hydrogen-bond donors (Lipinski definition) is 0. The molecule has 56 valence electrons. The van der Waals surface area contributed by atoms with Crippen LogP contribution in [0.4, 0.5) is 0 Å². The van der Waals surface area contributed by atoms with Gasteiger partial charge in [-0.3, -0.25) is 0 Å². The van der Waals surface area contributed by atoms with E-state index < -0.39 is 0 Å². The van der Waals surface area contributed by atoms with E-state index in [1.807, 2.05) is 36.4 Å². The zero-order valence-corrected chi connectivity index (χ0v) is 6.23. The normalized spacial score (nSPS) is 9.82. The molecular formula is C10H10O. The van der Waals surface area contributed by atoms with Crippen LogP contribution in [0.15, 0.2) is 49.4 Å². The van der Waals surface area contributed by atoms with Crippen molar-refractivity contribution >= 4 is 6.08 Å². The Morgan fingerprint density at radius 1 is 1.18 bits per heavy atom. The minimum absolute atomic E-state index is 1.12. The number of rotatable bonds is 3. The van der Waals surface area contributed by atoms with Crippen molar-refractivity contribution in [2.24, 2.45) is 0 Å². The summed E-state index contributed by atoms with van der Waals surface area (Å²) in [6, 6.07) is 9.94. The summed E-state index contributed by atoms with van der Waals surface area (Å²) in [5, 5.41) is 0. The Kier molecular flexibility index (Phi) is 3.00. The molecule has 0 amide bonds. The average Bonchev–Trinajstić information content (AvgIpc) is 2.07. The molecule has 0 fully saturated rings. The van der Waals surface area contributed by atoms with Crippen LogP contribution in [0.25, 0.3) is 6.08 Å². The van der Waals surface area contributed by atoms with Crippen molar-refractivity contribution in [2.75, 3.05) is 0 Å². The smallest absolute Gasteiger partial charge is 0.0907 e. The molecule has 0 radical (unpaired) electrons. The van der Waals surface area contributed by atoms with Crippen LogP contribution in [0, 0.1) is 0 Å². The van der Waals surface area contributed by atoms with Gasteiger partial charge in [0, 0.05) is 0 Å². The van der Waals surface area contributed by atoms with Gasteiger partial charge in [-0.05, 0) is 11.6 Å². The van der Waals surface area contributed by atoms with Crippen molar-refractivity contribution in [1.29, 1.82) is 0 Å². The molecule has 0 N–H and O–H groups in total. The van der Waals surface area contributed by atoms with E-state index in [1.54, 1.807) is 6.26 Å². The third kappa shape index (κ3) is 2.72. The molecule has 11 heavy (non-hydrogen) atoms. The highest BCUT2D eigenvalue weighted by atomic mass is 16.5. The molecule has 0 bridgehead atoms. The van der Waals surface area contributed by atoms with E-state index in [0.717, 1.165) is 5.56 Å². The van der Waals surface area contributed by atoms with Crippen LogP contribution in [0.5, 0.6) is 0 Å². The van der Waals surface area contributed by atoms with Crippen LogP contribution < -0.4 is 0 Å². The topological polar surface area (TPSA) is 9.23 Å². The highest BCUT2D eigenvalue weighted by Crippen LogP contribution is 2.00. The van der Waals surface area contributed by atoms with Gasteiger partial charge in [0.15, 0.2) is 0 Å². The van der Waals surface area contributed by atoms with E-state index >= 15 is 0 Å². The van der Waals surface area contributed by atoms with E-state index in [4.69, 9.17) is 4.74 Å². The summed E-state index contributed by atoms with van der Waals surface area (Å²) < 4.78 is 4.82. The van der Waals surface area contributed by atoms with Gasteiger partial charge in [-0.25, -0.2) is 0 Å². The van der Waals surface area contributed by atoms with Crippen molar-refractivity contribution in [3.63, 3.8) is 0 Å². The molecule has 0 saturated heterocycles. The van der Waals surface area contributed by atoms with Gasteiger partial charge < -0.3 is 4.74 Å². The summed E-state index contributed by atoms with van der Waals surface area (Å²) in [6.07, 6.45) is 4.86. The fourth-order valence-corrected chi connectivity index (χ4v) is 0.738. The largest absolute Gasteiger partial charge is 0.473 e. The van der Waals surface area contributed by atoms with Crippen LogP contribution in [0.2, 0.25) is 0 Å². The molecule has 0 heterocycles. The van der Waals surface area contributed by atoms with Crippen molar-refractivity contribution < 1.29 is 4.74 Å². The van der Waals surface area contributed by atoms with E-state index in [0.29, 0.717) is 0 Å². The monoisotopic (exact) mass is 146 g/mol. The lowest BCUT2D eigenvalue weighted by atomic mass is 10.2. The predicted molar refractivity (Wildman–Crippen MR) is 46.8 cm³/mol. The lowest BCUT2D eigenvalue weighted by Gasteiger charge is -1.90. The molecule has 0 aliphatic carbocycles. The van der Waals surface area contributed by atoms with Crippen molar-refractivity contribution in [3.05, 3.63) is 55.0 Å². The maximum atomic E-state index is 4.82. The first-order chi connectivity index (χ1) is 5.43. The summed E-state index contributed by atoms with van der Waals surface area (Å²) in [7, 11) is 0. The van der Waals surface area contributed by atoms with Gasteiger partial charge in [0.05, 0.1) is 12.5 Å². The molecule has 0 spiro atoms. The zero-order chi connectivity index (χ0) is 7.94. The molecule has 0 aromatic heterocycles. The van der Waals surface area contributed by atoms with Gasteiger partial charge in [0.25, 0.3) is 0 Å². The number of ether oxygens (including phenoxy) is 1. The van der Waals surface area contributed by atoms with Crippen LogP contribution >= 0.6 is 0 Å². The van der Waals surface area contributed by atoms with Gasteiger partial charge in [0.1, 0.15) is 0 Å². The molecule has 0 atom stereocenters. The fourth-order valence-electron chi connectivity index (χ4n) is 0.738. The minimum Gasteiger partial charge on any atom is -0.473 e. The molecule has 0 saturated carbocycles. The molecule has 0 aliphatic rings. The summed E-state index contributed by atoms with van der Waals surface area (Å²) in [5.74, 6) is 0. The first-order valence-corrected chi connectivity index (χ1v) is 3.41. The average molecular weight is 146 g/mol. The molecule has 1 nitrogen and oxygen atoms in total. The summed E-state index contributed by atoms with van der Waals surface area (Å²) in [6.45, 7) is 3.42. The molecule has 1 aromatic carbocycles. The molecule has 1 rings (SSSR count). The third-order valence-electron chi connectivity index (χ3n) is 1.23. The third-order valence-corrected chi connectivity index (χ3v) is 1.23. The van der Waals surface area contributed by atoms with Crippen LogP contribution in [-0.2, 0) is 4.74 Å². The lowest BCUT2D eigenvalue weighted by Crippen LogP contribution is -1.68. The first-order valence-electron chi connectivity index (χ1n) is 3.41. The SMILES string of the molecule is C=COC=Cc1ccccc1. The molecule has 1 heteroatoms. The van der Waals surface area contributed by atoms with Crippen LogP contribution in [0.1, 0.15) is 5.56 Å². The van der Waals surface area contributed by atoms with E-state index in [2.05, 4.69) is 6.58 Å². The Balaban J connectivity index is 2.57. The Hall–Kier alpha value is -1.50. The summed E-state index contributed by atoms with van der Waals surface area (Å²) >= 11 is 0. The Bertz CT molecular complexity index is 236. The van der Waals surface area contributed by atoms with Gasteiger partial charge in [-0.1, -0.05) is 36.9 Å². The Morgan fingerprint density at radius 3 is 2.55 bits per heavy atom. The second-order valence-corrected chi connectivity index (χ2v) is 2.02. The van der Waals surface area contributed by atoms with E-state index in [-0.39, 0.29) is 0 Å². The van der Waals surface area contributed by atoms with Crippen LogP contribution in [-0.4, -0.2) is 0 Å². The molecule has 0 aliphatic heterocycles. The number of benzene rings is 1. The highest BCUT2D eigenvalue weighted by molar-refractivity contribution is 5.47. The predicted octanol–water partition coefficient (Wildman–Crippen LogP) is 2.82. The van der Waals surface area contributed by atoms with Crippen LogP contribution in [0.3, 0.4) is 0 Å². The second-order valence-electron chi connectivity index (χ2n) is 2.02. The van der Waals surface area contributed by atoms with Crippen molar-refractivity contribution in [2.45, 2.75) is 0 Å². The summed E-state index contributed by atoms with van der Waals surface area (Å²) in [4.78, 5) is 0. The first kappa shape index (κ1) is 7.61.